The fourth-order valence-corrected chi connectivity index (χ4v) is 5.50. The number of hydrogen-bond acceptors (Lipinski definition) is 3. The van der Waals surface area contributed by atoms with E-state index in [0.717, 1.165) is 37.0 Å². The molecule has 0 saturated heterocycles. The molecule has 1 aromatic carbocycles. The number of nitrogens with one attached hydrogen (secondary N) is 1. The quantitative estimate of drug-likeness (QED) is 0.819. The van der Waals surface area contributed by atoms with Crippen LogP contribution in [0.5, 0.6) is 5.75 Å². The molecule has 4 fully saturated rings. The molecule has 4 bridgehead atoms. The van der Waals surface area contributed by atoms with E-state index in [1.54, 1.807) is 19.2 Å². The lowest BCUT2D eigenvalue weighted by Gasteiger charge is -2.56. The molecule has 2 N–H and O–H groups in total. The maximum atomic E-state index is 12.6. The summed E-state index contributed by atoms with van der Waals surface area (Å²) in [6, 6.07) is 6.28. The number of aromatic hydroxyl groups is 1. The Morgan fingerprint density at radius 2 is 1.54 bits per heavy atom. The van der Waals surface area contributed by atoms with Crippen LogP contribution in [-0.2, 0) is 9.59 Å². The van der Waals surface area contributed by atoms with Crippen molar-refractivity contribution in [1.82, 2.24) is 5.32 Å². The summed E-state index contributed by atoms with van der Waals surface area (Å²) in [6.07, 6.45) is 6.99. The number of rotatable bonds is 2. The van der Waals surface area contributed by atoms with Gasteiger partial charge in [-0.3, -0.25) is 9.59 Å². The number of carbonyl (C=O) groups excluding carboxylic acids is 2. The van der Waals surface area contributed by atoms with Gasteiger partial charge in [0, 0.05) is 18.3 Å². The van der Waals surface area contributed by atoms with Crippen LogP contribution in [-0.4, -0.2) is 29.5 Å². The fourth-order valence-electron chi connectivity index (χ4n) is 5.50. The first-order valence-corrected chi connectivity index (χ1v) is 8.83. The van der Waals surface area contributed by atoms with E-state index >= 15 is 0 Å². The van der Waals surface area contributed by atoms with E-state index in [9.17, 15) is 14.7 Å². The lowest BCUT2D eigenvalue weighted by Crippen LogP contribution is -2.61. The van der Waals surface area contributed by atoms with Gasteiger partial charge in [0.15, 0.2) is 0 Å². The number of hydrogen-bond donors (Lipinski definition) is 2. The lowest BCUT2D eigenvalue weighted by atomic mass is 9.53. The Kier molecular flexibility index (Phi) is 3.55. The largest absolute Gasteiger partial charge is 0.508 e. The molecule has 2 amide bonds. The third-order valence-corrected chi connectivity index (χ3v) is 6.15. The number of phenolic OH excluding ortho intramolecular Hbond substituents is 1. The van der Waals surface area contributed by atoms with Crippen LogP contribution in [0.2, 0.25) is 0 Å². The van der Waals surface area contributed by atoms with Crippen molar-refractivity contribution in [2.45, 2.75) is 44.1 Å². The maximum absolute atomic E-state index is 12.6. The van der Waals surface area contributed by atoms with Gasteiger partial charge in [-0.05, 0) is 80.5 Å². The summed E-state index contributed by atoms with van der Waals surface area (Å²) in [5.41, 5.74) is 0.440. The van der Waals surface area contributed by atoms with Crippen molar-refractivity contribution in [3.8, 4) is 5.75 Å². The maximum Gasteiger partial charge on any atom is 0.316 e. The molecule has 1 aromatic rings. The van der Waals surface area contributed by atoms with E-state index in [0.29, 0.717) is 5.69 Å². The van der Waals surface area contributed by atoms with Crippen molar-refractivity contribution < 1.29 is 14.7 Å². The normalized spacial score (nSPS) is 33.3. The van der Waals surface area contributed by atoms with Crippen LogP contribution in [0.1, 0.15) is 38.5 Å². The fraction of sp³-hybridized carbons (Fsp3) is 0.579. The summed E-state index contributed by atoms with van der Waals surface area (Å²) in [4.78, 5) is 26.4. The first kappa shape index (κ1) is 15.5. The van der Waals surface area contributed by atoms with Gasteiger partial charge in [0.25, 0.3) is 0 Å². The highest BCUT2D eigenvalue weighted by molar-refractivity contribution is 6.40. The third kappa shape index (κ3) is 2.66. The highest BCUT2D eigenvalue weighted by Crippen LogP contribution is 2.55. The molecule has 4 saturated carbocycles. The molecule has 128 valence electrons. The number of amides is 2. The van der Waals surface area contributed by atoms with E-state index in [1.807, 2.05) is 0 Å². The molecule has 4 aliphatic carbocycles. The molecule has 5 heteroatoms. The van der Waals surface area contributed by atoms with E-state index in [-0.39, 0.29) is 11.3 Å². The molecule has 0 atom stereocenters. The molecular formula is C19H24N2O3. The first-order chi connectivity index (χ1) is 11.4. The molecule has 0 radical (unpaired) electrons. The SMILES string of the molecule is CN(C(=O)C(=O)NC12CC3CC(CC(C3)C1)C2)c1ccc(O)cc1. The molecule has 0 aromatic heterocycles. The Bertz CT molecular complexity index is 632. The van der Waals surface area contributed by atoms with Gasteiger partial charge in [0.1, 0.15) is 5.75 Å². The molecule has 0 heterocycles. The molecule has 4 aliphatic rings. The second-order valence-corrected chi connectivity index (χ2v) is 8.03. The van der Waals surface area contributed by atoms with Crippen LogP contribution < -0.4 is 10.2 Å². The number of phenols is 1. The molecule has 5 nitrogen and oxygen atoms in total. The predicted molar refractivity (Wildman–Crippen MR) is 90.6 cm³/mol. The van der Waals surface area contributed by atoms with Crippen molar-refractivity contribution in [1.29, 1.82) is 0 Å². The second kappa shape index (κ2) is 5.50. The summed E-state index contributed by atoms with van der Waals surface area (Å²) < 4.78 is 0. The predicted octanol–water partition coefficient (Wildman–Crippen LogP) is 2.44. The van der Waals surface area contributed by atoms with Gasteiger partial charge < -0.3 is 15.3 Å². The van der Waals surface area contributed by atoms with Crippen LogP contribution in [0.25, 0.3) is 0 Å². The van der Waals surface area contributed by atoms with Gasteiger partial charge in [0.05, 0.1) is 0 Å². The van der Waals surface area contributed by atoms with Crippen LogP contribution in [0.3, 0.4) is 0 Å². The highest BCUT2D eigenvalue weighted by atomic mass is 16.3. The van der Waals surface area contributed by atoms with Gasteiger partial charge in [0.2, 0.25) is 0 Å². The minimum atomic E-state index is -0.545. The van der Waals surface area contributed by atoms with Gasteiger partial charge in [-0.1, -0.05) is 0 Å². The zero-order chi connectivity index (χ0) is 16.9. The van der Waals surface area contributed by atoms with Crippen LogP contribution in [0, 0.1) is 17.8 Å². The standard InChI is InChI=1S/C19H24N2O3/c1-21(15-2-4-16(22)5-3-15)18(24)17(23)20-19-9-12-6-13(10-19)8-14(7-12)11-19/h2-5,12-14,22H,6-11H2,1H3,(H,20,23). The van der Waals surface area contributed by atoms with Crippen molar-refractivity contribution in [3.05, 3.63) is 24.3 Å². The highest BCUT2D eigenvalue weighted by Gasteiger charge is 2.52. The smallest absolute Gasteiger partial charge is 0.316 e. The van der Waals surface area contributed by atoms with Gasteiger partial charge >= 0.3 is 11.8 Å². The zero-order valence-corrected chi connectivity index (χ0v) is 14.0. The Labute approximate surface area is 142 Å². The number of nitrogens with zero attached hydrogens (tertiary/aromatic N) is 1. The molecule has 5 rings (SSSR count). The molecule has 0 spiro atoms. The number of benzene rings is 1. The Hall–Kier alpha value is -2.04. The summed E-state index contributed by atoms with van der Waals surface area (Å²) in [7, 11) is 1.59. The summed E-state index contributed by atoms with van der Waals surface area (Å²) in [5.74, 6) is 1.26. The number of likely N-dealkylation sites (N-methyl/N-ethyl adjacent to an activating group) is 1. The molecular weight excluding hydrogens is 304 g/mol. The van der Waals surface area contributed by atoms with E-state index < -0.39 is 11.8 Å². The molecule has 0 unspecified atom stereocenters. The molecule has 0 aliphatic heterocycles. The summed E-state index contributed by atoms with van der Waals surface area (Å²) in [6.45, 7) is 0. The lowest BCUT2D eigenvalue weighted by molar-refractivity contribution is -0.141. The van der Waals surface area contributed by atoms with Crippen molar-refractivity contribution in [3.63, 3.8) is 0 Å². The second-order valence-electron chi connectivity index (χ2n) is 8.03. The van der Waals surface area contributed by atoms with E-state index in [1.165, 1.54) is 36.3 Å². The average molecular weight is 328 g/mol. The minimum Gasteiger partial charge on any atom is -0.508 e. The Morgan fingerprint density at radius 1 is 1.04 bits per heavy atom. The van der Waals surface area contributed by atoms with Crippen LogP contribution >= 0.6 is 0 Å². The van der Waals surface area contributed by atoms with Crippen LogP contribution in [0.4, 0.5) is 5.69 Å². The Balaban J connectivity index is 1.46. The van der Waals surface area contributed by atoms with E-state index in [2.05, 4.69) is 5.32 Å². The number of anilines is 1. The monoisotopic (exact) mass is 328 g/mol. The van der Waals surface area contributed by atoms with Crippen molar-refractivity contribution >= 4 is 17.5 Å². The number of carbonyl (C=O) groups is 2. The van der Waals surface area contributed by atoms with Gasteiger partial charge in [-0.25, -0.2) is 0 Å². The minimum absolute atomic E-state index is 0.137. The third-order valence-electron chi connectivity index (χ3n) is 6.15. The average Bonchev–Trinajstić information content (AvgIpc) is 2.52. The summed E-state index contributed by atoms with van der Waals surface area (Å²) in [5, 5.41) is 12.5. The van der Waals surface area contributed by atoms with Crippen LogP contribution in [0.15, 0.2) is 24.3 Å². The van der Waals surface area contributed by atoms with Crippen molar-refractivity contribution in [2.75, 3.05) is 11.9 Å². The van der Waals surface area contributed by atoms with Crippen molar-refractivity contribution in [2.24, 2.45) is 17.8 Å². The topological polar surface area (TPSA) is 69.6 Å². The summed E-state index contributed by atoms with van der Waals surface area (Å²) >= 11 is 0. The van der Waals surface area contributed by atoms with Gasteiger partial charge in [-0.2, -0.15) is 0 Å². The molecule has 24 heavy (non-hydrogen) atoms. The first-order valence-electron chi connectivity index (χ1n) is 8.83. The van der Waals surface area contributed by atoms with E-state index in [4.69, 9.17) is 0 Å². The van der Waals surface area contributed by atoms with Gasteiger partial charge in [-0.15, -0.1) is 0 Å². The zero-order valence-electron chi connectivity index (χ0n) is 14.0. The Morgan fingerprint density at radius 3 is 2.04 bits per heavy atom.